The van der Waals surface area contributed by atoms with Gasteiger partial charge in [0, 0.05) is 18.3 Å². The molecule has 3 rings (SSSR count). The average molecular weight is 304 g/mol. The molecule has 21 heavy (non-hydrogen) atoms. The fourth-order valence-corrected chi connectivity index (χ4v) is 3.87. The zero-order valence-electron chi connectivity index (χ0n) is 10.9. The number of benzene rings is 2. The van der Waals surface area contributed by atoms with Crippen molar-refractivity contribution in [1.29, 1.82) is 0 Å². The number of hydrogen-bond acceptors (Lipinski definition) is 5. The zero-order chi connectivity index (χ0) is 15.0. The van der Waals surface area contributed by atoms with E-state index in [1.54, 1.807) is 18.2 Å². The van der Waals surface area contributed by atoms with Gasteiger partial charge in [0.25, 0.3) is 5.69 Å². The van der Waals surface area contributed by atoms with Crippen molar-refractivity contribution in [3.8, 4) is 0 Å². The van der Waals surface area contributed by atoms with Crippen molar-refractivity contribution >= 4 is 21.2 Å². The van der Waals surface area contributed by atoms with E-state index in [0.29, 0.717) is 18.7 Å². The Morgan fingerprint density at radius 1 is 1.14 bits per heavy atom. The first-order valence-corrected chi connectivity index (χ1v) is 7.84. The molecule has 0 spiro atoms. The Morgan fingerprint density at radius 2 is 1.86 bits per heavy atom. The molecule has 1 heterocycles. The van der Waals surface area contributed by atoms with Crippen LogP contribution in [0.3, 0.4) is 0 Å². The van der Waals surface area contributed by atoms with E-state index in [-0.39, 0.29) is 9.79 Å². The largest absolute Gasteiger partial charge is 0.384 e. The molecule has 0 aromatic heterocycles. The molecule has 0 amide bonds. The predicted molar refractivity (Wildman–Crippen MR) is 77.2 cm³/mol. The second-order valence-electron chi connectivity index (χ2n) is 4.73. The fraction of sp³-hybridized carbons (Fsp3) is 0.143. The highest BCUT2D eigenvalue weighted by atomic mass is 32.2. The third kappa shape index (κ3) is 2.25. The highest BCUT2D eigenvalue weighted by molar-refractivity contribution is 7.91. The van der Waals surface area contributed by atoms with Crippen LogP contribution >= 0.6 is 0 Å². The van der Waals surface area contributed by atoms with Gasteiger partial charge in [-0.25, -0.2) is 8.42 Å². The molecule has 0 saturated carbocycles. The second-order valence-corrected chi connectivity index (χ2v) is 6.65. The van der Waals surface area contributed by atoms with Crippen LogP contribution in [0, 0.1) is 10.1 Å². The Morgan fingerprint density at radius 3 is 2.52 bits per heavy atom. The number of nitro benzene ring substituents is 1. The van der Waals surface area contributed by atoms with Crippen molar-refractivity contribution in [2.45, 2.75) is 16.2 Å². The van der Waals surface area contributed by atoms with E-state index >= 15 is 0 Å². The maximum absolute atomic E-state index is 12.6. The summed E-state index contributed by atoms with van der Waals surface area (Å²) in [5, 5.41) is 14.2. The quantitative estimate of drug-likeness (QED) is 0.694. The normalized spacial score (nSPS) is 13.5. The van der Waals surface area contributed by atoms with E-state index in [2.05, 4.69) is 5.32 Å². The number of nitro groups is 1. The molecule has 0 atom stereocenters. The third-order valence-corrected chi connectivity index (χ3v) is 5.23. The van der Waals surface area contributed by atoms with Gasteiger partial charge in [-0.05, 0) is 30.2 Å². The van der Waals surface area contributed by atoms with Crippen LogP contribution in [0.4, 0.5) is 11.4 Å². The molecule has 0 aliphatic carbocycles. The summed E-state index contributed by atoms with van der Waals surface area (Å²) in [5.41, 5.74) is 1.02. The van der Waals surface area contributed by atoms with Crippen molar-refractivity contribution < 1.29 is 13.3 Å². The molecule has 0 radical (unpaired) electrons. The van der Waals surface area contributed by atoms with E-state index in [1.165, 1.54) is 24.3 Å². The predicted octanol–water partition coefficient (Wildman–Crippen LogP) is 2.40. The van der Waals surface area contributed by atoms with Gasteiger partial charge in [-0.2, -0.15) is 0 Å². The Bertz CT molecular complexity index is 816. The van der Waals surface area contributed by atoms with Crippen LogP contribution in [0.5, 0.6) is 0 Å². The summed E-state index contributed by atoms with van der Waals surface area (Å²) in [6.07, 6.45) is 0.657. The summed E-state index contributed by atoms with van der Waals surface area (Å²) in [6, 6.07) is 10.5. The Labute approximate surface area is 121 Å². The molecule has 2 aromatic carbocycles. The summed E-state index contributed by atoms with van der Waals surface area (Å²) in [5.74, 6) is 0. The van der Waals surface area contributed by atoms with Crippen LogP contribution in [0.2, 0.25) is 0 Å². The molecule has 0 saturated heterocycles. The lowest BCUT2D eigenvalue weighted by atomic mass is 10.1. The summed E-state index contributed by atoms with van der Waals surface area (Å²) in [6.45, 7) is 0.654. The molecular weight excluding hydrogens is 292 g/mol. The van der Waals surface area contributed by atoms with Crippen LogP contribution < -0.4 is 5.32 Å². The number of fused-ring (bicyclic) bond motifs is 1. The number of hydrogen-bond donors (Lipinski definition) is 1. The SMILES string of the molecule is O=[N+]([O-])c1cc2c(cc1S(=O)(=O)c1ccccc1)CCN2. The van der Waals surface area contributed by atoms with Gasteiger partial charge in [0.2, 0.25) is 9.84 Å². The van der Waals surface area contributed by atoms with Gasteiger partial charge in [-0.1, -0.05) is 18.2 Å². The number of nitrogens with zero attached hydrogens (tertiary/aromatic N) is 1. The molecule has 2 aromatic rings. The lowest BCUT2D eigenvalue weighted by molar-refractivity contribution is -0.387. The third-order valence-electron chi connectivity index (χ3n) is 3.43. The molecule has 7 heteroatoms. The number of nitrogens with one attached hydrogen (secondary N) is 1. The first kappa shape index (κ1) is 13.6. The number of sulfone groups is 1. The standard InChI is InChI=1S/C14H12N2O4S/c17-16(18)13-9-12-10(6-7-15-12)8-14(13)21(19,20)11-4-2-1-3-5-11/h1-5,8-9,15H,6-7H2. The summed E-state index contributed by atoms with van der Waals surface area (Å²) in [4.78, 5) is 10.4. The highest BCUT2D eigenvalue weighted by Crippen LogP contribution is 2.36. The lowest BCUT2D eigenvalue weighted by Gasteiger charge is -2.08. The minimum absolute atomic E-state index is 0.0546. The molecule has 0 bridgehead atoms. The monoisotopic (exact) mass is 304 g/mol. The Hall–Kier alpha value is -2.41. The Balaban J connectivity index is 2.25. The summed E-state index contributed by atoms with van der Waals surface area (Å²) < 4.78 is 25.3. The van der Waals surface area contributed by atoms with E-state index in [9.17, 15) is 18.5 Å². The molecular formula is C14H12N2O4S. The van der Waals surface area contributed by atoms with Gasteiger partial charge in [-0.15, -0.1) is 0 Å². The molecule has 1 N–H and O–H groups in total. The maximum Gasteiger partial charge on any atom is 0.290 e. The molecule has 1 aliphatic rings. The van der Waals surface area contributed by atoms with Gasteiger partial charge in [0.05, 0.1) is 9.82 Å². The fourth-order valence-electron chi connectivity index (χ4n) is 2.40. The minimum Gasteiger partial charge on any atom is -0.384 e. The van der Waals surface area contributed by atoms with Crippen LogP contribution in [0.1, 0.15) is 5.56 Å². The van der Waals surface area contributed by atoms with Crippen molar-refractivity contribution in [3.05, 3.63) is 58.1 Å². The molecule has 0 fully saturated rings. The van der Waals surface area contributed by atoms with E-state index in [1.807, 2.05) is 0 Å². The van der Waals surface area contributed by atoms with Gasteiger partial charge in [0.15, 0.2) is 0 Å². The molecule has 6 nitrogen and oxygen atoms in total. The van der Waals surface area contributed by atoms with Crippen molar-refractivity contribution in [2.75, 3.05) is 11.9 Å². The topological polar surface area (TPSA) is 89.3 Å². The van der Waals surface area contributed by atoms with Gasteiger partial charge in [-0.3, -0.25) is 10.1 Å². The van der Waals surface area contributed by atoms with Gasteiger partial charge < -0.3 is 5.32 Å². The lowest BCUT2D eigenvalue weighted by Crippen LogP contribution is -2.06. The summed E-state index contributed by atoms with van der Waals surface area (Å²) in [7, 11) is -3.91. The van der Waals surface area contributed by atoms with Crippen LogP contribution in [0.15, 0.2) is 52.3 Å². The van der Waals surface area contributed by atoms with Gasteiger partial charge >= 0.3 is 0 Å². The molecule has 108 valence electrons. The zero-order valence-corrected chi connectivity index (χ0v) is 11.8. The average Bonchev–Trinajstić information content (AvgIpc) is 2.94. The van der Waals surface area contributed by atoms with E-state index in [4.69, 9.17) is 0 Å². The second kappa shape index (κ2) is 4.85. The number of anilines is 1. The van der Waals surface area contributed by atoms with Gasteiger partial charge in [0.1, 0.15) is 4.90 Å². The van der Waals surface area contributed by atoms with Crippen molar-refractivity contribution in [3.63, 3.8) is 0 Å². The van der Waals surface area contributed by atoms with E-state index in [0.717, 1.165) is 5.56 Å². The molecule has 1 aliphatic heterocycles. The first-order chi connectivity index (χ1) is 10.00. The van der Waals surface area contributed by atoms with Crippen LogP contribution in [-0.2, 0) is 16.3 Å². The maximum atomic E-state index is 12.6. The minimum atomic E-state index is -3.91. The summed E-state index contributed by atoms with van der Waals surface area (Å²) >= 11 is 0. The first-order valence-electron chi connectivity index (χ1n) is 6.35. The van der Waals surface area contributed by atoms with Crippen molar-refractivity contribution in [2.24, 2.45) is 0 Å². The Kier molecular flexibility index (Phi) is 3.13. The van der Waals surface area contributed by atoms with E-state index < -0.39 is 20.4 Å². The van der Waals surface area contributed by atoms with Crippen LogP contribution in [0.25, 0.3) is 0 Å². The van der Waals surface area contributed by atoms with Crippen molar-refractivity contribution in [1.82, 2.24) is 0 Å². The van der Waals surface area contributed by atoms with Crippen LogP contribution in [-0.4, -0.2) is 19.9 Å². The smallest absolute Gasteiger partial charge is 0.290 e. The molecule has 0 unspecified atom stereocenters. The highest BCUT2D eigenvalue weighted by Gasteiger charge is 2.30. The number of rotatable bonds is 3.